The van der Waals surface area contributed by atoms with E-state index in [0.717, 1.165) is 17.7 Å². The molecular formula is C11H11NO4. The first-order valence-corrected chi connectivity index (χ1v) is 4.92. The summed E-state index contributed by atoms with van der Waals surface area (Å²) in [6.45, 7) is 0.266. The fourth-order valence-corrected chi connectivity index (χ4v) is 1.59. The lowest BCUT2D eigenvalue weighted by Crippen LogP contribution is -2.29. The summed E-state index contributed by atoms with van der Waals surface area (Å²) in [5.41, 5.74) is 1.45. The number of carbonyl (C=O) groups is 2. The summed E-state index contributed by atoms with van der Waals surface area (Å²) in [6, 6.07) is 5.10. The van der Waals surface area contributed by atoms with E-state index in [2.05, 4.69) is 5.32 Å². The molecule has 16 heavy (non-hydrogen) atoms. The normalized spacial score (nSPS) is 12.8. The number of carboxylic acid groups (broad SMARTS) is 1. The number of carboxylic acids is 1. The number of aliphatic carboxylic acids is 1. The van der Waals surface area contributed by atoms with Crippen LogP contribution in [0.1, 0.15) is 15.9 Å². The predicted octanol–water partition coefficient (Wildman–Crippen LogP) is 0.436. The molecule has 0 radical (unpaired) electrons. The fourth-order valence-electron chi connectivity index (χ4n) is 1.59. The van der Waals surface area contributed by atoms with Crippen molar-refractivity contribution < 1.29 is 19.4 Å². The second-order valence-electron chi connectivity index (χ2n) is 3.50. The molecule has 1 heterocycles. The van der Waals surface area contributed by atoms with Gasteiger partial charge < -0.3 is 15.2 Å². The Morgan fingerprint density at radius 3 is 3.00 bits per heavy atom. The molecule has 1 aliphatic heterocycles. The first kappa shape index (κ1) is 10.5. The molecule has 0 saturated heterocycles. The van der Waals surface area contributed by atoms with Gasteiger partial charge in [0.05, 0.1) is 6.61 Å². The molecule has 1 aliphatic rings. The Balaban J connectivity index is 2.09. The van der Waals surface area contributed by atoms with E-state index in [9.17, 15) is 9.59 Å². The number of ether oxygens (including phenoxy) is 1. The highest BCUT2D eigenvalue weighted by atomic mass is 16.5. The van der Waals surface area contributed by atoms with E-state index in [0.29, 0.717) is 12.2 Å². The molecule has 0 aliphatic carbocycles. The highest BCUT2D eigenvalue weighted by molar-refractivity contribution is 5.96. The Morgan fingerprint density at radius 1 is 1.44 bits per heavy atom. The zero-order valence-electron chi connectivity index (χ0n) is 8.53. The van der Waals surface area contributed by atoms with Crippen LogP contribution in [-0.4, -0.2) is 30.1 Å². The van der Waals surface area contributed by atoms with Crippen LogP contribution in [0.4, 0.5) is 0 Å². The first-order chi connectivity index (χ1) is 7.66. The average Bonchev–Trinajstić information content (AvgIpc) is 2.72. The Bertz CT molecular complexity index is 442. The van der Waals surface area contributed by atoms with Crippen molar-refractivity contribution in [1.29, 1.82) is 0 Å². The molecule has 0 bridgehead atoms. The van der Waals surface area contributed by atoms with Crippen LogP contribution >= 0.6 is 0 Å². The monoisotopic (exact) mass is 221 g/mol. The van der Waals surface area contributed by atoms with Crippen LogP contribution in [0, 0.1) is 0 Å². The van der Waals surface area contributed by atoms with Gasteiger partial charge in [-0.15, -0.1) is 0 Å². The van der Waals surface area contributed by atoms with E-state index in [1.807, 2.05) is 0 Å². The van der Waals surface area contributed by atoms with Crippen LogP contribution in [0.25, 0.3) is 0 Å². The lowest BCUT2D eigenvalue weighted by molar-refractivity contribution is -0.135. The molecule has 0 aromatic heterocycles. The first-order valence-electron chi connectivity index (χ1n) is 4.92. The number of amides is 1. The van der Waals surface area contributed by atoms with Gasteiger partial charge >= 0.3 is 5.97 Å². The van der Waals surface area contributed by atoms with Crippen molar-refractivity contribution in [2.24, 2.45) is 0 Å². The average molecular weight is 221 g/mol. The highest BCUT2D eigenvalue weighted by Crippen LogP contribution is 2.25. The lowest BCUT2D eigenvalue weighted by atomic mass is 10.1. The minimum Gasteiger partial charge on any atom is -0.493 e. The maximum atomic E-state index is 11.5. The molecule has 5 heteroatoms. The summed E-state index contributed by atoms with van der Waals surface area (Å²) < 4.78 is 5.31. The van der Waals surface area contributed by atoms with Crippen molar-refractivity contribution >= 4 is 11.9 Å². The molecule has 1 aromatic carbocycles. The van der Waals surface area contributed by atoms with Crippen LogP contribution in [0.3, 0.4) is 0 Å². The molecule has 0 spiro atoms. The summed E-state index contributed by atoms with van der Waals surface area (Å²) in [5.74, 6) is -0.635. The van der Waals surface area contributed by atoms with Crippen molar-refractivity contribution in [2.75, 3.05) is 13.2 Å². The minimum absolute atomic E-state index is 0.369. The van der Waals surface area contributed by atoms with Gasteiger partial charge in [0.15, 0.2) is 0 Å². The molecular weight excluding hydrogens is 210 g/mol. The maximum absolute atomic E-state index is 11.5. The van der Waals surface area contributed by atoms with Crippen molar-refractivity contribution in [1.82, 2.24) is 5.32 Å². The Kier molecular flexibility index (Phi) is 2.76. The molecule has 2 N–H and O–H groups in total. The molecule has 5 nitrogen and oxygen atoms in total. The van der Waals surface area contributed by atoms with E-state index in [4.69, 9.17) is 9.84 Å². The van der Waals surface area contributed by atoms with Crippen LogP contribution in [0.2, 0.25) is 0 Å². The zero-order valence-corrected chi connectivity index (χ0v) is 8.53. The van der Waals surface area contributed by atoms with Gasteiger partial charge in [-0.1, -0.05) is 0 Å². The lowest BCUT2D eigenvalue weighted by Gasteiger charge is -2.04. The summed E-state index contributed by atoms with van der Waals surface area (Å²) in [7, 11) is 0. The van der Waals surface area contributed by atoms with Gasteiger partial charge in [0, 0.05) is 12.0 Å². The molecule has 0 fully saturated rings. The number of rotatable bonds is 3. The molecule has 0 atom stereocenters. The van der Waals surface area contributed by atoms with E-state index >= 15 is 0 Å². The topological polar surface area (TPSA) is 75.6 Å². The second kappa shape index (κ2) is 4.22. The second-order valence-corrected chi connectivity index (χ2v) is 3.50. The maximum Gasteiger partial charge on any atom is 0.322 e. The third kappa shape index (κ3) is 2.13. The highest BCUT2D eigenvalue weighted by Gasteiger charge is 2.15. The van der Waals surface area contributed by atoms with Gasteiger partial charge in [-0.25, -0.2) is 0 Å². The Morgan fingerprint density at radius 2 is 2.25 bits per heavy atom. The third-order valence-corrected chi connectivity index (χ3v) is 2.35. The smallest absolute Gasteiger partial charge is 0.322 e. The molecule has 1 aromatic rings. The summed E-state index contributed by atoms with van der Waals surface area (Å²) in [5, 5.41) is 10.7. The molecule has 2 rings (SSSR count). The summed E-state index contributed by atoms with van der Waals surface area (Å²) in [4.78, 5) is 21.8. The van der Waals surface area contributed by atoms with E-state index < -0.39 is 5.97 Å². The Hall–Kier alpha value is -2.04. The van der Waals surface area contributed by atoms with Crippen LogP contribution in [0.5, 0.6) is 5.75 Å². The molecule has 1 amide bonds. The van der Waals surface area contributed by atoms with Crippen LogP contribution in [-0.2, 0) is 11.2 Å². The number of carbonyl (C=O) groups excluding carboxylic acids is 1. The quantitative estimate of drug-likeness (QED) is 0.776. The van der Waals surface area contributed by atoms with Gasteiger partial charge in [0.2, 0.25) is 0 Å². The predicted molar refractivity (Wildman–Crippen MR) is 55.6 cm³/mol. The molecule has 84 valence electrons. The van der Waals surface area contributed by atoms with Crippen molar-refractivity contribution in [3.8, 4) is 5.75 Å². The van der Waals surface area contributed by atoms with Crippen molar-refractivity contribution in [3.63, 3.8) is 0 Å². The van der Waals surface area contributed by atoms with Gasteiger partial charge in [-0.3, -0.25) is 9.59 Å². The summed E-state index contributed by atoms with van der Waals surface area (Å²) in [6.07, 6.45) is 0.787. The SMILES string of the molecule is O=C(O)CNC(=O)c1ccc2c(c1)CCO2. The fraction of sp³-hybridized carbons (Fsp3) is 0.273. The van der Waals surface area contributed by atoms with Crippen molar-refractivity contribution in [3.05, 3.63) is 29.3 Å². The number of benzene rings is 1. The van der Waals surface area contributed by atoms with E-state index in [-0.39, 0.29) is 12.5 Å². The minimum atomic E-state index is -1.06. The Labute approximate surface area is 92.0 Å². The van der Waals surface area contributed by atoms with Gasteiger partial charge in [0.25, 0.3) is 5.91 Å². The third-order valence-electron chi connectivity index (χ3n) is 2.35. The number of hydrogen-bond acceptors (Lipinski definition) is 3. The van der Waals surface area contributed by atoms with Gasteiger partial charge in [0.1, 0.15) is 12.3 Å². The summed E-state index contributed by atoms with van der Waals surface area (Å²) >= 11 is 0. The van der Waals surface area contributed by atoms with Gasteiger partial charge in [-0.2, -0.15) is 0 Å². The van der Waals surface area contributed by atoms with Crippen LogP contribution in [0.15, 0.2) is 18.2 Å². The molecule has 0 saturated carbocycles. The molecule has 0 unspecified atom stereocenters. The van der Waals surface area contributed by atoms with Crippen LogP contribution < -0.4 is 10.1 Å². The number of nitrogens with one attached hydrogen (secondary N) is 1. The zero-order chi connectivity index (χ0) is 11.5. The van der Waals surface area contributed by atoms with Crippen molar-refractivity contribution in [2.45, 2.75) is 6.42 Å². The number of fused-ring (bicyclic) bond motifs is 1. The largest absolute Gasteiger partial charge is 0.493 e. The number of hydrogen-bond donors (Lipinski definition) is 2. The standard InChI is InChI=1S/C11H11NO4/c13-10(14)6-12-11(15)8-1-2-9-7(5-8)3-4-16-9/h1-2,5H,3-4,6H2,(H,12,15)(H,13,14). The van der Waals surface area contributed by atoms with E-state index in [1.54, 1.807) is 18.2 Å². The van der Waals surface area contributed by atoms with E-state index in [1.165, 1.54) is 0 Å². The van der Waals surface area contributed by atoms with Gasteiger partial charge in [-0.05, 0) is 23.8 Å².